The predicted molar refractivity (Wildman–Crippen MR) is 118 cm³/mol. The molecule has 0 bridgehead atoms. The summed E-state index contributed by atoms with van der Waals surface area (Å²) < 4.78 is 13.8. The Morgan fingerprint density at radius 2 is 1.37 bits per heavy atom. The molecule has 148 valence electrons. The molecule has 2 aromatic carbocycles. The molecule has 2 aromatic heterocycles. The van der Waals surface area contributed by atoms with Crippen molar-refractivity contribution in [2.24, 2.45) is 0 Å². The Kier molecular flexibility index (Phi) is 6.06. The van der Waals surface area contributed by atoms with Crippen LogP contribution in [0.1, 0.15) is 26.7 Å². The van der Waals surface area contributed by atoms with Crippen molar-refractivity contribution in [3.63, 3.8) is 0 Å². The van der Waals surface area contributed by atoms with Gasteiger partial charge in [0.05, 0.1) is 21.6 Å². The van der Waals surface area contributed by atoms with Gasteiger partial charge in [0.25, 0.3) is 5.91 Å². The molecular weight excluding hydrogens is 394 g/mol. The number of pyridine rings is 2. The number of aromatic nitrogens is 2. The van der Waals surface area contributed by atoms with Crippen LogP contribution in [0, 0.1) is 0 Å². The van der Waals surface area contributed by atoms with Gasteiger partial charge in [-0.05, 0) is 35.4 Å². The Morgan fingerprint density at radius 3 is 1.97 bits per heavy atom. The Balaban J connectivity index is 1.73. The third-order valence-electron chi connectivity index (χ3n) is 4.56. The minimum Gasteiger partial charge on any atom is -0.322 e. The Bertz CT molecular complexity index is 1110. The van der Waals surface area contributed by atoms with Gasteiger partial charge in [0.1, 0.15) is 5.03 Å². The lowest BCUT2D eigenvalue weighted by Crippen LogP contribution is -2.18. The maximum absolute atomic E-state index is 13.8. The van der Waals surface area contributed by atoms with Crippen LogP contribution in [0.4, 0.5) is 5.69 Å². The Labute approximate surface area is 177 Å². The zero-order valence-corrected chi connectivity index (χ0v) is 16.8. The van der Waals surface area contributed by atoms with Gasteiger partial charge in [-0.3, -0.25) is 14.0 Å². The van der Waals surface area contributed by atoms with Gasteiger partial charge in [-0.2, -0.15) is 0 Å². The molecule has 0 spiro atoms. The van der Waals surface area contributed by atoms with Crippen LogP contribution in [0.5, 0.6) is 0 Å². The Morgan fingerprint density at radius 1 is 0.767 bits per heavy atom. The van der Waals surface area contributed by atoms with Gasteiger partial charge in [0, 0.05) is 24.3 Å². The fourth-order valence-corrected chi connectivity index (χ4v) is 4.74. The minimum atomic E-state index is -1.60. The van der Waals surface area contributed by atoms with E-state index in [9.17, 15) is 9.00 Å². The summed E-state index contributed by atoms with van der Waals surface area (Å²) in [7, 11) is -1.60. The van der Waals surface area contributed by atoms with Crippen LogP contribution in [-0.4, -0.2) is 20.1 Å². The molecule has 1 atom stereocenters. The van der Waals surface area contributed by atoms with Crippen LogP contribution in [0.15, 0.2) is 109 Å². The second kappa shape index (κ2) is 9.24. The fourth-order valence-electron chi connectivity index (χ4n) is 3.16. The average Bonchev–Trinajstić information content (AvgIpc) is 2.81. The first kappa shape index (κ1) is 19.7. The monoisotopic (exact) mass is 413 g/mol. The number of benzene rings is 2. The summed E-state index contributed by atoms with van der Waals surface area (Å²) in [5.41, 5.74) is 2.68. The predicted octanol–water partition coefficient (Wildman–Crippen LogP) is 4.63. The molecule has 0 aliphatic carbocycles. The molecule has 0 radical (unpaired) electrons. The number of rotatable bonds is 6. The summed E-state index contributed by atoms with van der Waals surface area (Å²) >= 11 is 0. The molecule has 1 amide bonds. The van der Waals surface area contributed by atoms with Gasteiger partial charge < -0.3 is 5.32 Å². The largest absolute Gasteiger partial charge is 0.322 e. The second-order valence-corrected chi connectivity index (χ2v) is 8.00. The summed E-state index contributed by atoms with van der Waals surface area (Å²) in [6.45, 7) is 0. The summed E-state index contributed by atoms with van der Waals surface area (Å²) in [6, 6.07) is 26.0. The van der Waals surface area contributed by atoms with E-state index in [0.29, 0.717) is 5.69 Å². The number of carbonyl (C=O) groups excluding carboxylic acids is 1. The highest BCUT2D eigenvalue weighted by Crippen LogP contribution is 2.32. The maximum atomic E-state index is 13.8. The molecule has 30 heavy (non-hydrogen) atoms. The van der Waals surface area contributed by atoms with Gasteiger partial charge in [-0.25, -0.2) is 4.98 Å². The highest BCUT2D eigenvalue weighted by Gasteiger charge is 2.27. The summed E-state index contributed by atoms with van der Waals surface area (Å²) in [6.07, 6.45) is 4.75. The van der Waals surface area contributed by atoms with Gasteiger partial charge >= 0.3 is 0 Å². The molecule has 5 nitrogen and oxygen atoms in total. The number of hydrogen-bond donors (Lipinski definition) is 1. The maximum Gasteiger partial charge on any atom is 0.258 e. The molecule has 0 aliphatic heterocycles. The van der Waals surface area contributed by atoms with Crippen LogP contribution in [0.2, 0.25) is 0 Å². The van der Waals surface area contributed by atoms with Crippen LogP contribution >= 0.6 is 0 Å². The van der Waals surface area contributed by atoms with Gasteiger partial charge in [0.15, 0.2) is 0 Å². The highest BCUT2D eigenvalue weighted by atomic mass is 32.2. The highest BCUT2D eigenvalue weighted by molar-refractivity contribution is 7.85. The summed E-state index contributed by atoms with van der Waals surface area (Å²) in [5.74, 6) is -0.363. The van der Waals surface area contributed by atoms with Crippen molar-refractivity contribution in [1.29, 1.82) is 0 Å². The van der Waals surface area contributed by atoms with Gasteiger partial charge in [-0.15, -0.1) is 0 Å². The van der Waals surface area contributed by atoms with Gasteiger partial charge in [0.2, 0.25) is 0 Å². The van der Waals surface area contributed by atoms with E-state index in [1.54, 1.807) is 42.9 Å². The molecule has 2 heterocycles. The van der Waals surface area contributed by atoms with Gasteiger partial charge in [-0.1, -0.05) is 60.7 Å². The van der Waals surface area contributed by atoms with Crippen LogP contribution in [-0.2, 0) is 10.8 Å². The molecule has 4 aromatic rings. The Hall–Kier alpha value is -3.64. The van der Waals surface area contributed by atoms with Crippen molar-refractivity contribution in [2.75, 3.05) is 5.32 Å². The standard InChI is InChI=1S/C24H19N3O2S/c28-23(27-20-13-16-25-17-14-20)21-12-7-15-26-24(21)30(29)22(18-8-3-1-4-9-18)19-10-5-2-6-11-19/h1-17,22H,(H,25,27,28). The SMILES string of the molecule is O=C(Nc1ccncc1)c1cccnc1S(=O)C(c1ccccc1)c1ccccc1. The molecule has 0 fully saturated rings. The number of amides is 1. The lowest BCUT2D eigenvalue weighted by Gasteiger charge is -2.19. The lowest BCUT2D eigenvalue weighted by molar-refractivity contribution is 0.102. The van der Waals surface area contributed by atoms with Crippen molar-refractivity contribution in [3.05, 3.63) is 120 Å². The number of anilines is 1. The first-order valence-corrected chi connectivity index (χ1v) is 10.6. The molecule has 0 saturated heterocycles. The minimum absolute atomic E-state index is 0.252. The van der Waals surface area contributed by atoms with E-state index < -0.39 is 16.0 Å². The second-order valence-electron chi connectivity index (χ2n) is 6.54. The van der Waals surface area contributed by atoms with E-state index in [1.807, 2.05) is 60.7 Å². The van der Waals surface area contributed by atoms with Crippen molar-refractivity contribution in [1.82, 2.24) is 9.97 Å². The quantitative estimate of drug-likeness (QED) is 0.500. The molecule has 6 heteroatoms. The van der Waals surface area contributed by atoms with E-state index in [4.69, 9.17) is 0 Å². The van der Waals surface area contributed by atoms with E-state index in [2.05, 4.69) is 15.3 Å². The zero-order chi connectivity index (χ0) is 20.8. The first-order chi connectivity index (χ1) is 14.7. The van der Waals surface area contributed by atoms with Crippen molar-refractivity contribution < 1.29 is 9.00 Å². The van der Waals surface area contributed by atoms with Crippen LogP contribution in [0.3, 0.4) is 0 Å². The topological polar surface area (TPSA) is 72.0 Å². The molecule has 0 aliphatic rings. The molecule has 0 saturated carbocycles. The normalized spacial score (nSPS) is 11.8. The van der Waals surface area contributed by atoms with E-state index >= 15 is 0 Å². The van der Waals surface area contributed by atoms with E-state index in [0.717, 1.165) is 11.1 Å². The van der Waals surface area contributed by atoms with Crippen molar-refractivity contribution >= 4 is 22.4 Å². The molecule has 1 unspecified atom stereocenters. The first-order valence-electron chi connectivity index (χ1n) is 9.41. The molecule has 1 N–H and O–H groups in total. The summed E-state index contributed by atoms with van der Waals surface area (Å²) in [5, 5.41) is 2.62. The lowest BCUT2D eigenvalue weighted by atomic mass is 10.0. The van der Waals surface area contributed by atoms with Crippen molar-refractivity contribution in [3.8, 4) is 0 Å². The fraction of sp³-hybridized carbons (Fsp3) is 0.0417. The van der Waals surface area contributed by atoms with E-state index in [-0.39, 0.29) is 16.5 Å². The summed E-state index contributed by atoms with van der Waals surface area (Å²) in [4.78, 5) is 21.2. The van der Waals surface area contributed by atoms with E-state index in [1.165, 1.54) is 0 Å². The smallest absolute Gasteiger partial charge is 0.258 e. The third-order valence-corrected chi connectivity index (χ3v) is 6.24. The zero-order valence-electron chi connectivity index (χ0n) is 16.0. The third kappa shape index (κ3) is 4.34. The number of carbonyl (C=O) groups is 1. The number of hydrogen-bond acceptors (Lipinski definition) is 4. The van der Waals surface area contributed by atoms with Crippen LogP contribution in [0.25, 0.3) is 0 Å². The van der Waals surface area contributed by atoms with Crippen molar-refractivity contribution in [2.45, 2.75) is 10.3 Å². The number of nitrogens with one attached hydrogen (secondary N) is 1. The molecular formula is C24H19N3O2S. The number of nitrogens with zero attached hydrogens (tertiary/aromatic N) is 2. The van der Waals surface area contributed by atoms with Crippen LogP contribution < -0.4 is 5.32 Å². The average molecular weight is 414 g/mol. The molecule has 4 rings (SSSR count).